The molecular weight excluding hydrogens is 314 g/mol. The minimum absolute atomic E-state index is 0.00754. The van der Waals surface area contributed by atoms with Gasteiger partial charge in [-0.25, -0.2) is 0 Å². The minimum atomic E-state index is -0.561. The molecule has 1 heterocycles. The van der Waals surface area contributed by atoms with Crippen LogP contribution in [0.15, 0.2) is 48.8 Å². The van der Waals surface area contributed by atoms with Crippen LogP contribution in [0.1, 0.15) is 37.9 Å². The Hall–Kier alpha value is -2.69. The van der Waals surface area contributed by atoms with E-state index in [9.17, 15) is 9.59 Å². The Kier molecular flexibility index (Phi) is 5.91. The number of carbonyl (C=O) groups excluding carboxylic acids is 2. The largest absolute Gasteiger partial charge is 0.359 e. The normalized spacial score (nSPS) is 12.3. The molecule has 0 aliphatic rings. The van der Waals surface area contributed by atoms with Crippen LogP contribution in [0, 0.1) is 0 Å². The highest BCUT2D eigenvalue weighted by atomic mass is 16.2. The van der Waals surface area contributed by atoms with Gasteiger partial charge in [0.2, 0.25) is 5.91 Å². The summed E-state index contributed by atoms with van der Waals surface area (Å²) in [7, 11) is 1.87. The van der Waals surface area contributed by atoms with Gasteiger partial charge in [-0.1, -0.05) is 39.0 Å². The lowest BCUT2D eigenvalue weighted by Crippen LogP contribution is -2.39. The maximum Gasteiger partial charge on any atom is 0.247 e. The predicted molar refractivity (Wildman–Crippen MR) is 99.6 cm³/mol. The molecule has 1 aromatic carbocycles. The zero-order chi connectivity index (χ0) is 18.4. The second kappa shape index (κ2) is 7.92. The Morgan fingerprint density at radius 2 is 1.92 bits per heavy atom. The molecule has 0 saturated heterocycles. The summed E-state index contributed by atoms with van der Waals surface area (Å²) >= 11 is 0. The van der Waals surface area contributed by atoms with Gasteiger partial charge in [-0.15, -0.1) is 0 Å². The first kappa shape index (κ1) is 18.6. The maximum absolute atomic E-state index is 12.6. The number of aldehydes is 1. The Morgan fingerprint density at radius 3 is 2.44 bits per heavy atom. The fourth-order valence-corrected chi connectivity index (χ4v) is 2.67. The first-order chi connectivity index (χ1) is 11.8. The molecule has 0 fully saturated rings. The number of nitrogens with one attached hydrogen (secondary N) is 1. The molecular formula is C20H25N3O2. The fourth-order valence-electron chi connectivity index (χ4n) is 2.67. The summed E-state index contributed by atoms with van der Waals surface area (Å²) in [6.07, 6.45) is 4.02. The molecule has 1 unspecified atom stereocenters. The number of carbonyl (C=O) groups is 2. The number of amides is 1. The van der Waals surface area contributed by atoms with E-state index >= 15 is 0 Å². The molecule has 25 heavy (non-hydrogen) atoms. The smallest absolute Gasteiger partial charge is 0.247 e. The number of anilines is 1. The average molecular weight is 339 g/mol. The molecule has 2 rings (SSSR count). The highest BCUT2D eigenvalue weighted by Crippen LogP contribution is 2.29. The van der Waals surface area contributed by atoms with Crippen LogP contribution in [0.2, 0.25) is 0 Å². The summed E-state index contributed by atoms with van der Waals surface area (Å²) in [6.45, 7) is 6.48. The van der Waals surface area contributed by atoms with Gasteiger partial charge in [-0.05, 0) is 29.2 Å². The Balaban J connectivity index is 2.33. The van der Waals surface area contributed by atoms with Crippen LogP contribution in [0.3, 0.4) is 0 Å². The van der Waals surface area contributed by atoms with Crippen molar-refractivity contribution < 1.29 is 9.59 Å². The van der Waals surface area contributed by atoms with Gasteiger partial charge in [0.15, 0.2) is 0 Å². The standard InChI is InChI=1S/C20H25N3O2/c1-20(2,3)16-7-9-17(10-8-16)23(4)18(19(25)22-12-13-24)15-6-5-11-21-14-15/h5-11,13-14,18H,12H2,1-4H3,(H,22,25). The van der Waals surface area contributed by atoms with Crippen LogP contribution < -0.4 is 10.2 Å². The minimum Gasteiger partial charge on any atom is -0.359 e. The van der Waals surface area contributed by atoms with Gasteiger partial charge < -0.3 is 15.0 Å². The van der Waals surface area contributed by atoms with E-state index in [1.54, 1.807) is 18.5 Å². The monoisotopic (exact) mass is 339 g/mol. The van der Waals surface area contributed by atoms with E-state index in [4.69, 9.17) is 0 Å². The summed E-state index contributed by atoms with van der Waals surface area (Å²) < 4.78 is 0. The lowest BCUT2D eigenvalue weighted by atomic mass is 9.87. The summed E-state index contributed by atoms with van der Waals surface area (Å²) in [5.41, 5.74) is 2.99. The molecule has 0 saturated carbocycles. The number of nitrogens with zero attached hydrogens (tertiary/aromatic N) is 2. The molecule has 1 atom stereocenters. The quantitative estimate of drug-likeness (QED) is 0.822. The van der Waals surface area contributed by atoms with E-state index in [0.717, 1.165) is 11.3 Å². The van der Waals surface area contributed by atoms with Gasteiger partial charge in [0, 0.05) is 30.7 Å². The van der Waals surface area contributed by atoms with Gasteiger partial charge in [-0.3, -0.25) is 9.78 Å². The van der Waals surface area contributed by atoms with Crippen LogP contribution in [0.25, 0.3) is 0 Å². The van der Waals surface area contributed by atoms with Crippen molar-refractivity contribution in [2.75, 3.05) is 18.5 Å². The Morgan fingerprint density at radius 1 is 1.24 bits per heavy atom. The lowest BCUT2D eigenvalue weighted by molar-refractivity contribution is -0.123. The number of aromatic nitrogens is 1. The van der Waals surface area contributed by atoms with E-state index in [1.807, 2.05) is 30.1 Å². The molecule has 2 aromatic rings. The second-order valence-electron chi connectivity index (χ2n) is 7.01. The molecule has 132 valence electrons. The van der Waals surface area contributed by atoms with Gasteiger partial charge in [0.1, 0.15) is 12.3 Å². The molecule has 0 aliphatic heterocycles. The Labute approximate surface area is 149 Å². The zero-order valence-corrected chi connectivity index (χ0v) is 15.2. The number of hydrogen-bond donors (Lipinski definition) is 1. The van der Waals surface area contributed by atoms with Crippen LogP contribution >= 0.6 is 0 Å². The van der Waals surface area contributed by atoms with Gasteiger partial charge in [0.25, 0.3) is 0 Å². The van der Waals surface area contributed by atoms with Crippen molar-refractivity contribution in [3.63, 3.8) is 0 Å². The van der Waals surface area contributed by atoms with E-state index in [-0.39, 0.29) is 17.9 Å². The number of likely N-dealkylation sites (N-methyl/N-ethyl adjacent to an activating group) is 1. The van der Waals surface area contributed by atoms with Crippen molar-refractivity contribution in [1.82, 2.24) is 10.3 Å². The SMILES string of the molecule is CN(c1ccc(C(C)(C)C)cc1)C(C(=O)NCC=O)c1cccnc1. The summed E-state index contributed by atoms with van der Waals surface area (Å²) in [5, 5.41) is 2.64. The number of rotatable bonds is 6. The van der Waals surface area contributed by atoms with Crippen LogP contribution in [-0.4, -0.2) is 30.8 Å². The maximum atomic E-state index is 12.6. The summed E-state index contributed by atoms with van der Waals surface area (Å²) in [4.78, 5) is 29.2. The van der Waals surface area contributed by atoms with Crippen molar-refractivity contribution in [2.24, 2.45) is 0 Å². The van der Waals surface area contributed by atoms with Gasteiger partial charge >= 0.3 is 0 Å². The fraction of sp³-hybridized carbons (Fsp3) is 0.350. The summed E-state index contributed by atoms with van der Waals surface area (Å²) in [6, 6.07) is 11.3. The third kappa shape index (κ3) is 4.66. The highest BCUT2D eigenvalue weighted by molar-refractivity contribution is 5.87. The third-order valence-electron chi connectivity index (χ3n) is 4.14. The molecule has 0 bridgehead atoms. The third-order valence-corrected chi connectivity index (χ3v) is 4.14. The number of hydrogen-bond acceptors (Lipinski definition) is 4. The molecule has 0 spiro atoms. The van der Waals surface area contributed by atoms with E-state index in [2.05, 4.69) is 43.2 Å². The molecule has 1 amide bonds. The van der Waals surface area contributed by atoms with E-state index in [1.165, 1.54) is 5.56 Å². The van der Waals surface area contributed by atoms with E-state index < -0.39 is 6.04 Å². The van der Waals surface area contributed by atoms with Gasteiger partial charge in [0.05, 0.1) is 6.54 Å². The van der Waals surface area contributed by atoms with Crippen molar-refractivity contribution >= 4 is 17.9 Å². The van der Waals surface area contributed by atoms with Crippen molar-refractivity contribution in [2.45, 2.75) is 32.2 Å². The van der Waals surface area contributed by atoms with Crippen molar-refractivity contribution in [1.29, 1.82) is 0 Å². The first-order valence-electron chi connectivity index (χ1n) is 8.29. The number of benzene rings is 1. The molecule has 1 aromatic heterocycles. The average Bonchev–Trinajstić information content (AvgIpc) is 2.60. The highest BCUT2D eigenvalue weighted by Gasteiger charge is 2.26. The van der Waals surface area contributed by atoms with Crippen molar-refractivity contribution in [3.05, 3.63) is 59.9 Å². The van der Waals surface area contributed by atoms with E-state index in [0.29, 0.717) is 6.29 Å². The Bertz CT molecular complexity index is 706. The zero-order valence-electron chi connectivity index (χ0n) is 15.2. The van der Waals surface area contributed by atoms with Crippen LogP contribution in [0.5, 0.6) is 0 Å². The molecule has 0 radical (unpaired) electrons. The van der Waals surface area contributed by atoms with Crippen LogP contribution in [0.4, 0.5) is 5.69 Å². The second-order valence-corrected chi connectivity index (χ2v) is 7.01. The molecule has 1 N–H and O–H groups in total. The summed E-state index contributed by atoms with van der Waals surface area (Å²) in [5.74, 6) is -0.234. The topological polar surface area (TPSA) is 62.3 Å². The lowest BCUT2D eigenvalue weighted by Gasteiger charge is -2.30. The van der Waals surface area contributed by atoms with Gasteiger partial charge in [-0.2, -0.15) is 0 Å². The molecule has 5 heteroatoms. The predicted octanol–water partition coefficient (Wildman–Crippen LogP) is 2.87. The molecule has 0 aliphatic carbocycles. The van der Waals surface area contributed by atoms with Crippen LogP contribution in [-0.2, 0) is 15.0 Å². The first-order valence-corrected chi connectivity index (χ1v) is 8.29. The number of pyridine rings is 1. The molecule has 5 nitrogen and oxygen atoms in total. The van der Waals surface area contributed by atoms with Crippen molar-refractivity contribution in [3.8, 4) is 0 Å².